The number of amides is 1. The van der Waals surface area contributed by atoms with E-state index < -0.39 is 17.9 Å². The monoisotopic (exact) mass is 269 g/mol. The lowest BCUT2D eigenvalue weighted by molar-refractivity contribution is -0.137. The van der Waals surface area contributed by atoms with E-state index in [-0.39, 0.29) is 12.1 Å². The Kier molecular flexibility index (Phi) is 5.94. The van der Waals surface area contributed by atoms with Crippen LogP contribution in [0.1, 0.15) is 36.7 Å². The van der Waals surface area contributed by atoms with E-state index in [9.17, 15) is 9.59 Å². The Morgan fingerprint density at radius 2 is 2.32 bits per heavy atom. The van der Waals surface area contributed by atoms with Gasteiger partial charge in [0.2, 0.25) is 0 Å². The second-order valence-electron chi connectivity index (χ2n) is 4.21. The van der Waals surface area contributed by atoms with Crippen molar-refractivity contribution < 1.29 is 14.7 Å². The lowest BCUT2D eigenvalue weighted by atomic mass is 10.1. The van der Waals surface area contributed by atoms with E-state index in [0.717, 1.165) is 6.42 Å². The average Bonchev–Trinajstić information content (AvgIpc) is 2.77. The number of nitrogens with two attached hydrogens (primary N) is 1. The van der Waals surface area contributed by atoms with Gasteiger partial charge < -0.3 is 16.2 Å². The van der Waals surface area contributed by atoms with Gasteiger partial charge in [-0.2, -0.15) is 0 Å². The number of hydrogen-bond donors (Lipinski definition) is 3. The van der Waals surface area contributed by atoms with Gasteiger partial charge in [0.25, 0.3) is 5.91 Å². The molecule has 1 unspecified atom stereocenters. The molecule has 0 bridgehead atoms. The highest BCUT2D eigenvalue weighted by atomic mass is 16.4. The quantitative estimate of drug-likeness (QED) is 0.590. The van der Waals surface area contributed by atoms with Crippen LogP contribution in [0.15, 0.2) is 6.20 Å². The van der Waals surface area contributed by atoms with Crippen molar-refractivity contribution in [3.05, 3.63) is 11.9 Å². The molecule has 0 aliphatic heterocycles. The molecule has 1 atom stereocenters. The van der Waals surface area contributed by atoms with Gasteiger partial charge in [-0.15, -0.1) is 5.10 Å². The van der Waals surface area contributed by atoms with Gasteiger partial charge in [0.05, 0.1) is 19.2 Å². The van der Waals surface area contributed by atoms with Crippen molar-refractivity contribution in [1.29, 1.82) is 0 Å². The maximum atomic E-state index is 11.9. The van der Waals surface area contributed by atoms with Crippen molar-refractivity contribution in [2.75, 3.05) is 6.54 Å². The summed E-state index contributed by atoms with van der Waals surface area (Å²) >= 11 is 0. The number of carboxylic acids is 1. The molecule has 19 heavy (non-hydrogen) atoms. The van der Waals surface area contributed by atoms with Crippen LogP contribution in [-0.2, 0) is 11.3 Å². The van der Waals surface area contributed by atoms with Gasteiger partial charge in [0.15, 0.2) is 5.69 Å². The van der Waals surface area contributed by atoms with Crippen molar-refractivity contribution in [2.24, 2.45) is 5.73 Å². The van der Waals surface area contributed by atoms with Gasteiger partial charge in [0, 0.05) is 12.6 Å². The molecule has 1 aromatic heterocycles. The Hall–Kier alpha value is -1.96. The Morgan fingerprint density at radius 1 is 1.58 bits per heavy atom. The average molecular weight is 269 g/mol. The topological polar surface area (TPSA) is 123 Å². The van der Waals surface area contributed by atoms with E-state index in [1.807, 2.05) is 6.92 Å². The molecule has 106 valence electrons. The minimum absolute atomic E-state index is 0.101. The number of carboxylic acid groups (broad SMARTS) is 1. The molecule has 0 aliphatic carbocycles. The molecule has 8 nitrogen and oxygen atoms in total. The van der Waals surface area contributed by atoms with Crippen molar-refractivity contribution in [2.45, 2.75) is 38.8 Å². The van der Waals surface area contributed by atoms with Crippen LogP contribution in [-0.4, -0.2) is 44.6 Å². The van der Waals surface area contributed by atoms with Gasteiger partial charge in [-0.1, -0.05) is 18.6 Å². The van der Waals surface area contributed by atoms with E-state index >= 15 is 0 Å². The number of nitrogens with one attached hydrogen (secondary N) is 1. The summed E-state index contributed by atoms with van der Waals surface area (Å²) in [7, 11) is 0. The van der Waals surface area contributed by atoms with Crippen molar-refractivity contribution >= 4 is 11.9 Å². The minimum Gasteiger partial charge on any atom is -0.481 e. The maximum Gasteiger partial charge on any atom is 0.305 e. The molecule has 4 N–H and O–H groups in total. The lowest BCUT2D eigenvalue weighted by Crippen LogP contribution is -2.36. The third-order valence-corrected chi connectivity index (χ3v) is 2.52. The normalized spacial score (nSPS) is 12.1. The summed E-state index contributed by atoms with van der Waals surface area (Å²) in [5.41, 5.74) is 5.53. The molecule has 0 saturated heterocycles. The molecule has 1 aromatic rings. The predicted molar refractivity (Wildman–Crippen MR) is 67.5 cm³/mol. The number of carbonyl (C=O) groups excluding carboxylic acids is 1. The predicted octanol–water partition coefficient (Wildman–Crippen LogP) is -0.390. The third-order valence-electron chi connectivity index (χ3n) is 2.52. The number of carbonyl (C=O) groups is 2. The zero-order valence-corrected chi connectivity index (χ0v) is 10.9. The van der Waals surface area contributed by atoms with Crippen LogP contribution < -0.4 is 11.1 Å². The fraction of sp³-hybridized carbons (Fsp3) is 0.636. The third kappa shape index (κ3) is 5.04. The first-order valence-corrected chi connectivity index (χ1v) is 6.19. The second-order valence-corrected chi connectivity index (χ2v) is 4.21. The van der Waals surface area contributed by atoms with Gasteiger partial charge in [-0.25, -0.2) is 0 Å². The summed E-state index contributed by atoms with van der Waals surface area (Å²) in [4.78, 5) is 22.6. The van der Waals surface area contributed by atoms with Gasteiger partial charge >= 0.3 is 5.97 Å². The lowest BCUT2D eigenvalue weighted by Gasteiger charge is -2.14. The van der Waals surface area contributed by atoms with E-state index in [1.165, 1.54) is 10.9 Å². The van der Waals surface area contributed by atoms with Crippen molar-refractivity contribution in [3.8, 4) is 0 Å². The maximum absolute atomic E-state index is 11.9. The highest BCUT2D eigenvalue weighted by Gasteiger charge is 2.18. The van der Waals surface area contributed by atoms with Gasteiger partial charge in [-0.05, 0) is 6.42 Å². The SMILES string of the molecule is CCCC(CC(=O)O)NC(=O)c1cn(CCN)nn1. The van der Waals surface area contributed by atoms with E-state index in [1.54, 1.807) is 0 Å². The Morgan fingerprint density at radius 3 is 2.89 bits per heavy atom. The molecule has 8 heteroatoms. The summed E-state index contributed by atoms with van der Waals surface area (Å²) in [6, 6.07) is -0.394. The summed E-state index contributed by atoms with van der Waals surface area (Å²) in [6.45, 7) is 2.81. The van der Waals surface area contributed by atoms with Crippen LogP contribution >= 0.6 is 0 Å². The molecule has 0 aromatic carbocycles. The molecule has 1 amide bonds. The summed E-state index contributed by atoms with van der Waals surface area (Å²) in [5.74, 6) is -1.35. The standard InChI is InChI=1S/C11H19N5O3/c1-2-3-8(6-10(17)18)13-11(19)9-7-16(5-4-12)15-14-9/h7-8H,2-6,12H2,1H3,(H,13,19)(H,17,18). The van der Waals surface area contributed by atoms with E-state index in [2.05, 4.69) is 15.6 Å². The van der Waals surface area contributed by atoms with Gasteiger partial charge in [-0.3, -0.25) is 14.3 Å². The first-order chi connectivity index (χ1) is 9.06. The molecular formula is C11H19N5O3. The number of aliphatic carboxylic acids is 1. The molecule has 0 saturated carbocycles. The van der Waals surface area contributed by atoms with Crippen LogP contribution in [0, 0.1) is 0 Å². The van der Waals surface area contributed by atoms with Crippen LogP contribution in [0.4, 0.5) is 0 Å². The smallest absolute Gasteiger partial charge is 0.305 e. The summed E-state index contributed by atoms with van der Waals surface area (Å²) in [6.07, 6.45) is 2.79. The molecule has 1 heterocycles. The Balaban J connectivity index is 2.61. The highest BCUT2D eigenvalue weighted by Crippen LogP contribution is 2.03. The summed E-state index contributed by atoms with van der Waals surface area (Å²) in [5, 5.41) is 18.9. The van der Waals surface area contributed by atoms with Crippen LogP contribution in [0.25, 0.3) is 0 Å². The Bertz CT molecular complexity index is 432. The van der Waals surface area contributed by atoms with E-state index in [0.29, 0.717) is 19.5 Å². The van der Waals surface area contributed by atoms with Crippen LogP contribution in [0.5, 0.6) is 0 Å². The fourth-order valence-corrected chi connectivity index (χ4v) is 1.69. The van der Waals surface area contributed by atoms with Crippen molar-refractivity contribution in [3.63, 3.8) is 0 Å². The molecule has 0 aliphatic rings. The molecule has 0 radical (unpaired) electrons. The Labute approximate surface area is 111 Å². The number of hydrogen-bond acceptors (Lipinski definition) is 5. The molecule has 0 spiro atoms. The first kappa shape index (κ1) is 15.1. The van der Waals surface area contributed by atoms with Gasteiger partial charge in [0.1, 0.15) is 0 Å². The van der Waals surface area contributed by atoms with E-state index in [4.69, 9.17) is 10.8 Å². The summed E-state index contributed by atoms with van der Waals surface area (Å²) < 4.78 is 1.47. The molecule has 1 rings (SSSR count). The first-order valence-electron chi connectivity index (χ1n) is 6.19. The number of rotatable bonds is 8. The van der Waals surface area contributed by atoms with Crippen LogP contribution in [0.3, 0.4) is 0 Å². The van der Waals surface area contributed by atoms with Crippen LogP contribution in [0.2, 0.25) is 0 Å². The second kappa shape index (κ2) is 7.47. The zero-order valence-electron chi connectivity index (χ0n) is 10.9. The number of nitrogens with zero attached hydrogens (tertiary/aromatic N) is 3. The zero-order chi connectivity index (χ0) is 14.3. The minimum atomic E-state index is -0.939. The fourth-order valence-electron chi connectivity index (χ4n) is 1.69. The number of aromatic nitrogens is 3. The largest absolute Gasteiger partial charge is 0.481 e. The molecular weight excluding hydrogens is 250 g/mol. The highest BCUT2D eigenvalue weighted by molar-refractivity contribution is 5.92. The van der Waals surface area contributed by atoms with Crippen molar-refractivity contribution in [1.82, 2.24) is 20.3 Å². The molecule has 0 fully saturated rings.